The minimum atomic E-state index is -0.256. The van der Waals surface area contributed by atoms with Gasteiger partial charge in [-0.25, -0.2) is 5.10 Å². The molecule has 0 aliphatic heterocycles. The molecule has 2 heterocycles. The van der Waals surface area contributed by atoms with Gasteiger partial charge in [-0.15, -0.1) is 0 Å². The van der Waals surface area contributed by atoms with E-state index in [2.05, 4.69) is 33.7 Å². The summed E-state index contributed by atoms with van der Waals surface area (Å²) >= 11 is 6.14. The molecule has 2 N–H and O–H groups in total. The lowest BCUT2D eigenvalue weighted by atomic mass is 9.95. The number of benzene rings is 1. The van der Waals surface area contributed by atoms with E-state index in [1.54, 1.807) is 12.3 Å². The number of aromatic nitrogens is 2. The summed E-state index contributed by atoms with van der Waals surface area (Å²) < 4.78 is 5.63. The van der Waals surface area contributed by atoms with Crippen LogP contribution in [0.2, 0.25) is 5.15 Å². The van der Waals surface area contributed by atoms with Gasteiger partial charge in [0.15, 0.2) is 5.15 Å². The van der Waals surface area contributed by atoms with Crippen LogP contribution in [0, 0.1) is 0 Å². The number of furan rings is 1. The second-order valence-electron chi connectivity index (χ2n) is 5.91. The van der Waals surface area contributed by atoms with E-state index in [1.807, 2.05) is 24.3 Å². The number of nitrogens with one attached hydrogen (secondary N) is 2. The van der Waals surface area contributed by atoms with Crippen molar-refractivity contribution in [3.05, 3.63) is 81.7 Å². The number of allylic oxidation sites excluding steroid dienone is 3. The summed E-state index contributed by atoms with van der Waals surface area (Å²) in [6, 6.07) is 9.21. The first-order valence-corrected chi connectivity index (χ1v) is 8.43. The van der Waals surface area contributed by atoms with Crippen LogP contribution < -0.4 is 10.9 Å². The topological polar surface area (TPSA) is 70.9 Å². The zero-order chi connectivity index (χ0) is 17.2. The molecule has 1 aliphatic rings. The van der Waals surface area contributed by atoms with Gasteiger partial charge in [-0.3, -0.25) is 4.79 Å². The Morgan fingerprint density at radius 3 is 2.96 bits per heavy atom. The van der Waals surface area contributed by atoms with Crippen LogP contribution in [-0.4, -0.2) is 10.2 Å². The normalized spacial score (nSPS) is 15.2. The number of halogens is 1. The Morgan fingerprint density at radius 2 is 2.20 bits per heavy atom. The summed E-state index contributed by atoms with van der Waals surface area (Å²) in [6.07, 6.45) is 9.97. The van der Waals surface area contributed by atoms with Crippen LogP contribution in [0.15, 0.2) is 69.6 Å². The average Bonchev–Trinajstić information content (AvgIpc) is 3.18. The fourth-order valence-electron chi connectivity index (χ4n) is 3.05. The lowest BCUT2D eigenvalue weighted by molar-refractivity contribution is 0.493. The summed E-state index contributed by atoms with van der Waals surface area (Å²) in [6.45, 7) is 0. The molecule has 5 nitrogen and oxygen atoms in total. The van der Waals surface area contributed by atoms with E-state index >= 15 is 0 Å². The summed E-state index contributed by atoms with van der Waals surface area (Å²) in [7, 11) is 0. The molecule has 0 spiro atoms. The van der Waals surface area contributed by atoms with Crippen molar-refractivity contribution >= 4 is 28.1 Å². The van der Waals surface area contributed by atoms with Crippen LogP contribution in [0.5, 0.6) is 0 Å². The van der Waals surface area contributed by atoms with Gasteiger partial charge in [-0.1, -0.05) is 29.8 Å². The summed E-state index contributed by atoms with van der Waals surface area (Å²) in [5, 5.41) is 11.1. The van der Waals surface area contributed by atoms with Crippen molar-refractivity contribution in [3.63, 3.8) is 0 Å². The molecule has 4 rings (SSSR count). The number of rotatable bonds is 4. The number of anilines is 1. The van der Waals surface area contributed by atoms with Crippen LogP contribution >= 0.6 is 11.6 Å². The molecule has 1 atom stereocenters. The zero-order valence-corrected chi connectivity index (χ0v) is 14.1. The molecule has 0 bridgehead atoms. The van der Waals surface area contributed by atoms with E-state index in [1.165, 1.54) is 5.57 Å². The molecule has 0 saturated heterocycles. The molecule has 1 aliphatic carbocycles. The SMILES string of the molecule is O=c1[nH]nc(Cl)c2cc(NC(C3=CC=CCC3)c3ccco3)ccc12. The number of nitrogens with zero attached hydrogens (tertiary/aromatic N) is 1. The number of fused-ring (bicyclic) bond motifs is 1. The van der Waals surface area contributed by atoms with E-state index in [-0.39, 0.29) is 16.8 Å². The van der Waals surface area contributed by atoms with Gasteiger partial charge in [0.05, 0.1) is 11.6 Å². The van der Waals surface area contributed by atoms with Gasteiger partial charge < -0.3 is 9.73 Å². The van der Waals surface area contributed by atoms with Crippen molar-refractivity contribution < 1.29 is 4.42 Å². The number of hydrogen-bond donors (Lipinski definition) is 2. The molecular weight excluding hydrogens is 338 g/mol. The van der Waals surface area contributed by atoms with Crippen LogP contribution in [0.25, 0.3) is 10.8 Å². The first kappa shape index (κ1) is 15.7. The highest BCUT2D eigenvalue weighted by atomic mass is 35.5. The Labute approximate surface area is 149 Å². The lowest BCUT2D eigenvalue weighted by Crippen LogP contribution is -2.14. The highest BCUT2D eigenvalue weighted by Gasteiger charge is 2.20. The van der Waals surface area contributed by atoms with Gasteiger partial charge in [0.1, 0.15) is 11.8 Å². The second kappa shape index (κ2) is 6.61. The maximum Gasteiger partial charge on any atom is 0.272 e. The largest absolute Gasteiger partial charge is 0.467 e. The molecule has 1 aromatic carbocycles. The van der Waals surface area contributed by atoms with Gasteiger partial charge in [0.25, 0.3) is 5.56 Å². The van der Waals surface area contributed by atoms with E-state index < -0.39 is 0 Å². The molecule has 126 valence electrons. The van der Waals surface area contributed by atoms with Crippen molar-refractivity contribution in [2.45, 2.75) is 18.9 Å². The first-order valence-electron chi connectivity index (χ1n) is 8.06. The van der Waals surface area contributed by atoms with E-state index in [0.29, 0.717) is 10.8 Å². The highest BCUT2D eigenvalue weighted by molar-refractivity contribution is 6.34. The Kier molecular flexibility index (Phi) is 4.15. The van der Waals surface area contributed by atoms with Crippen molar-refractivity contribution in [2.24, 2.45) is 0 Å². The number of aromatic amines is 1. The molecule has 0 fully saturated rings. The van der Waals surface area contributed by atoms with Gasteiger partial charge >= 0.3 is 0 Å². The predicted octanol–water partition coefficient (Wildman–Crippen LogP) is 4.60. The fraction of sp³-hybridized carbons (Fsp3) is 0.158. The highest BCUT2D eigenvalue weighted by Crippen LogP contribution is 2.32. The van der Waals surface area contributed by atoms with Crippen molar-refractivity contribution in [2.75, 3.05) is 5.32 Å². The number of hydrogen-bond acceptors (Lipinski definition) is 4. The number of H-pyrrole nitrogens is 1. The third-order valence-corrected chi connectivity index (χ3v) is 4.59. The minimum absolute atomic E-state index is 0.0777. The van der Waals surface area contributed by atoms with Crippen LogP contribution in [0.1, 0.15) is 24.6 Å². The summed E-state index contributed by atoms with van der Waals surface area (Å²) in [4.78, 5) is 11.9. The second-order valence-corrected chi connectivity index (χ2v) is 6.26. The van der Waals surface area contributed by atoms with Crippen molar-refractivity contribution in [1.82, 2.24) is 10.2 Å². The Bertz CT molecular complexity index is 1020. The first-order chi connectivity index (χ1) is 12.2. The molecule has 2 aromatic heterocycles. The van der Waals surface area contributed by atoms with Gasteiger partial charge in [-0.05, 0) is 48.7 Å². The zero-order valence-electron chi connectivity index (χ0n) is 13.3. The van der Waals surface area contributed by atoms with Gasteiger partial charge in [0, 0.05) is 11.1 Å². The quantitative estimate of drug-likeness (QED) is 0.719. The molecular formula is C19H16ClN3O2. The standard InChI is InChI=1S/C19H16ClN3O2/c20-18-15-11-13(8-9-14(15)19(24)23-22-18)21-17(16-7-4-10-25-16)12-5-2-1-3-6-12/h1-2,4-5,7-11,17,21H,3,6H2,(H,23,24). The minimum Gasteiger partial charge on any atom is -0.467 e. The fourth-order valence-corrected chi connectivity index (χ4v) is 3.25. The third-order valence-electron chi connectivity index (χ3n) is 4.30. The van der Waals surface area contributed by atoms with E-state index in [4.69, 9.17) is 16.0 Å². The third kappa shape index (κ3) is 3.10. The maximum absolute atomic E-state index is 11.9. The van der Waals surface area contributed by atoms with Crippen molar-refractivity contribution in [3.8, 4) is 0 Å². The Hall–Kier alpha value is -2.79. The average molecular weight is 354 g/mol. The van der Waals surface area contributed by atoms with Crippen LogP contribution in [-0.2, 0) is 0 Å². The molecule has 1 unspecified atom stereocenters. The molecule has 0 saturated carbocycles. The summed E-state index contributed by atoms with van der Waals surface area (Å²) in [5.74, 6) is 0.844. The van der Waals surface area contributed by atoms with E-state index in [0.717, 1.165) is 24.3 Å². The monoisotopic (exact) mass is 353 g/mol. The Morgan fingerprint density at radius 1 is 1.28 bits per heavy atom. The van der Waals surface area contributed by atoms with Crippen LogP contribution in [0.3, 0.4) is 0 Å². The molecule has 25 heavy (non-hydrogen) atoms. The van der Waals surface area contributed by atoms with Crippen molar-refractivity contribution in [1.29, 1.82) is 0 Å². The van der Waals surface area contributed by atoms with Crippen LogP contribution in [0.4, 0.5) is 5.69 Å². The maximum atomic E-state index is 11.9. The Balaban J connectivity index is 1.74. The smallest absolute Gasteiger partial charge is 0.272 e. The molecule has 6 heteroatoms. The molecule has 0 radical (unpaired) electrons. The lowest BCUT2D eigenvalue weighted by Gasteiger charge is -2.22. The van der Waals surface area contributed by atoms with Gasteiger partial charge in [-0.2, -0.15) is 5.10 Å². The van der Waals surface area contributed by atoms with Gasteiger partial charge in [0.2, 0.25) is 0 Å². The van der Waals surface area contributed by atoms with E-state index in [9.17, 15) is 4.79 Å². The molecule has 0 amide bonds. The predicted molar refractivity (Wildman–Crippen MR) is 98.9 cm³/mol. The molecule has 3 aromatic rings. The summed E-state index contributed by atoms with van der Waals surface area (Å²) in [5.41, 5.74) is 1.83.